The lowest BCUT2D eigenvalue weighted by Gasteiger charge is -2.36. The third kappa shape index (κ3) is 5.94. The third-order valence-corrected chi connectivity index (χ3v) is 5.16. The van der Waals surface area contributed by atoms with Crippen LogP contribution in [0.4, 0.5) is 18.9 Å². The summed E-state index contributed by atoms with van der Waals surface area (Å²) < 4.78 is 57.2. The summed E-state index contributed by atoms with van der Waals surface area (Å²) in [5.41, 5.74) is -1.25. The van der Waals surface area contributed by atoms with Gasteiger partial charge in [-0.1, -0.05) is 37.6 Å². The number of amides is 1. The van der Waals surface area contributed by atoms with Gasteiger partial charge in [0.15, 0.2) is 6.29 Å². The Labute approximate surface area is 189 Å². The van der Waals surface area contributed by atoms with Crippen molar-refractivity contribution >= 4 is 23.2 Å². The van der Waals surface area contributed by atoms with Gasteiger partial charge in [-0.25, -0.2) is 0 Å². The van der Waals surface area contributed by atoms with Gasteiger partial charge in [-0.3, -0.25) is 4.79 Å². The Kier molecular flexibility index (Phi) is 7.37. The van der Waals surface area contributed by atoms with Gasteiger partial charge < -0.3 is 19.5 Å². The van der Waals surface area contributed by atoms with Crippen LogP contribution in [0.1, 0.15) is 38.2 Å². The van der Waals surface area contributed by atoms with E-state index in [0.29, 0.717) is 5.02 Å². The quantitative estimate of drug-likeness (QED) is 0.554. The number of nitrogens with one attached hydrogen (secondary N) is 1. The zero-order valence-electron chi connectivity index (χ0n) is 18.0. The first-order valence-electron chi connectivity index (χ1n) is 10.1. The molecule has 3 rings (SSSR count). The van der Waals surface area contributed by atoms with Gasteiger partial charge in [-0.15, -0.1) is 0 Å². The fourth-order valence-electron chi connectivity index (χ4n) is 3.05. The Hall–Kier alpha value is -2.29. The molecule has 1 fully saturated rings. The molecule has 1 aliphatic rings. The number of benzene rings is 2. The minimum atomic E-state index is -4.63. The first-order chi connectivity index (χ1) is 15.0. The first kappa shape index (κ1) is 24.4. The molecule has 174 valence electrons. The Balaban J connectivity index is 1.69. The van der Waals surface area contributed by atoms with E-state index in [2.05, 4.69) is 5.32 Å². The van der Waals surface area contributed by atoms with E-state index in [1.165, 1.54) is 12.1 Å². The van der Waals surface area contributed by atoms with Crippen molar-refractivity contribution in [2.24, 2.45) is 11.3 Å². The molecule has 0 saturated carbocycles. The second kappa shape index (κ2) is 9.68. The number of ether oxygens (including phenoxy) is 3. The molecule has 1 saturated heterocycles. The number of carbonyl (C=O) groups is 1. The fraction of sp³-hybridized carbons (Fsp3) is 0.435. The van der Waals surface area contributed by atoms with Gasteiger partial charge in [0, 0.05) is 16.3 Å². The lowest BCUT2D eigenvalue weighted by Crippen LogP contribution is -2.45. The zero-order valence-corrected chi connectivity index (χ0v) is 18.7. The lowest BCUT2D eigenvalue weighted by molar-refractivity contribution is -0.226. The molecule has 32 heavy (non-hydrogen) atoms. The molecule has 0 atom stereocenters. The predicted octanol–water partition coefficient (Wildman–Crippen LogP) is 6.08. The molecule has 1 aliphatic heterocycles. The van der Waals surface area contributed by atoms with Gasteiger partial charge in [-0.05, 0) is 43.2 Å². The summed E-state index contributed by atoms with van der Waals surface area (Å²) in [6, 6.07) is 10.4. The van der Waals surface area contributed by atoms with Crippen molar-refractivity contribution < 1.29 is 32.2 Å². The molecule has 0 unspecified atom stereocenters. The highest BCUT2D eigenvalue weighted by Gasteiger charge is 2.40. The molecule has 5 nitrogen and oxygen atoms in total. The summed E-state index contributed by atoms with van der Waals surface area (Å²) in [7, 11) is 0. The van der Waals surface area contributed by atoms with Crippen LogP contribution < -0.4 is 10.1 Å². The van der Waals surface area contributed by atoms with Crippen LogP contribution >= 0.6 is 11.6 Å². The highest BCUT2D eigenvalue weighted by atomic mass is 35.5. The summed E-state index contributed by atoms with van der Waals surface area (Å²) in [4.78, 5) is 12.8. The van der Waals surface area contributed by atoms with Crippen LogP contribution in [0.3, 0.4) is 0 Å². The van der Waals surface area contributed by atoms with E-state index < -0.39 is 29.4 Å². The van der Waals surface area contributed by atoms with Gasteiger partial charge in [0.2, 0.25) is 5.91 Å². The van der Waals surface area contributed by atoms with Crippen molar-refractivity contribution in [1.82, 2.24) is 0 Å². The van der Waals surface area contributed by atoms with Crippen molar-refractivity contribution in [1.29, 1.82) is 0 Å². The molecule has 1 N–H and O–H groups in total. The number of rotatable bonds is 6. The van der Waals surface area contributed by atoms with Gasteiger partial charge in [-0.2, -0.15) is 13.2 Å². The van der Waals surface area contributed by atoms with Crippen molar-refractivity contribution in [2.45, 2.75) is 33.2 Å². The Morgan fingerprint density at radius 2 is 1.81 bits per heavy atom. The van der Waals surface area contributed by atoms with E-state index in [9.17, 15) is 18.0 Å². The molecular weight excluding hydrogens is 447 g/mol. The van der Waals surface area contributed by atoms with E-state index >= 15 is 0 Å². The SMILES string of the molecule is CC(C)COc1ccc(NC(=O)C2(C)COC(c3ccc(Cl)cc3)OC2)cc1C(F)(F)F. The largest absolute Gasteiger partial charge is 0.493 e. The fourth-order valence-corrected chi connectivity index (χ4v) is 3.17. The van der Waals surface area contributed by atoms with Crippen LogP contribution in [0.15, 0.2) is 42.5 Å². The molecule has 0 radical (unpaired) electrons. The van der Waals surface area contributed by atoms with Crippen LogP contribution in [-0.2, 0) is 20.4 Å². The van der Waals surface area contributed by atoms with Gasteiger partial charge >= 0.3 is 6.18 Å². The molecule has 2 aromatic rings. The van der Waals surface area contributed by atoms with Gasteiger partial charge in [0.1, 0.15) is 5.75 Å². The number of alkyl halides is 3. The Bertz CT molecular complexity index is 939. The molecular formula is C23H25ClF3NO4. The molecule has 0 aromatic heterocycles. The highest BCUT2D eigenvalue weighted by Crippen LogP contribution is 2.39. The van der Waals surface area contributed by atoms with E-state index in [1.54, 1.807) is 31.2 Å². The molecule has 1 heterocycles. The molecule has 2 aromatic carbocycles. The first-order valence-corrected chi connectivity index (χ1v) is 10.5. The number of carbonyl (C=O) groups excluding carboxylic acids is 1. The van der Waals surface area contributed by atoms with Crippen LogP contribution in [0, 0.1) is 11.3 Å². The van der Waals surface area contributed by atoms with E-state index in [4.69, 9.17) is 25.8 Å². The molecule has 0 aliphatic carbocycles. The lowest BCUT2D eigenvalue weighted by atomic mass is 9.90. The number of hydrogen-bond acceptors (Lipinski definition) is 4. The maximum atomic E-state index is 13.5. The number of anilines is 1. The Morgan fingerprint density at radius 3 is 2.38 bits per heavy atom. The van der Waals surface area contributed by atoms with Crippen molar-refractivity contribution in [3.05, 3.63) is 58.6 Å². The maximum absolute atomic E-state index is 13.5. The second-order valence-electron chi connectivity index (χ2n) is 8.43. The standard InChI is InChI=1S/C23H25ClF3NO4/c1-14(2)11-30-19-9-8-17(10-18(19)23(25,26)27)28-21(29)22(3)12-31-20(32-13-22)15-4-6-16(24)7-5-15/h4-10,14,20H,11-13H2,1-3H3,(H,28,29). The van der Waals surface area contributed by atoms with Crippen molar-refractivity contribution in [3.63, 3.8) is 0 Å². The molecule has 0 bridgehead atoms. The Morgan fingerprint density at radius 1 is 1.19 bits per heavy atom. The summed E-state index contributed by atoms with van der Waals surface area (Å²) >= 11 is 5.88. The average molecular weight is 472 g/mol. The predicted molar refractivity (Wildman–Crippen MR) is 115 cm³/mol. The van der Waals surface area contributed by atoms with E-state index in [1.807, 2.05) is 13.8 Å². The van der Waals surface area contributed by atoms with Crippen LogP contribution in [0.2, 0.25) is 5.02 Å². The van der Waals surface area contributed by atoms with Gasteiger partial charge in [0.05, 0.1) is 30.8 Å². The summed E-state index contributed by atoms with van der Waals surface area (Å²) in [5, 5.41) is 3.12. The van der Waals surface area contributed by atoms with Crippen LogP contribution in [0.25, 0.3) is 0 Å². The zero-order chi connectivity index (χ0) is 23.5. The third-order valence-electron chi connectivity index (χ3n) is 4.91. The topological polar surface area (TPSA) is 56.8 Å². The molecule has 0 spiro atoms. The minimum Gasteiger partial charge on any atom is -0.493 e. The average Bonchev–Trinajstić information content (AvgIpc) is 2.73. The number of halogens is 4. The number of hydrogen-bond donors (Lipinski definition) is 1. The summed E-state index contributed by atoms with van der Waals surface area (Å²) in [6.07, 6.45) is -5.28. The monoisotopic (exact) mass is 471 g/mol. The summed E-state index contributed by atoms with van der Waals surface area (Å²) in [5.74, 6) is -0.708. The minimum absolute atomic E-state index is 0.0141. The highest BCUT2D eigenvalue weighted by molar-refractivity contribution is 6.30. The van der Waals surface area contributed by atoms with Crippen LogP contribution in [0.5, 0.6) is 5.75 Å². The van der Waals surface area contributed by atoms with Crippen LogP contribution in [-0.4, -0.2) is 25.7 Å². The smallest absolute Gasteiger partial charge is 0.420 e. The van der Waals surface area contributed by atoms with Gasteiger partial charge in [0.25, 0.3) is 0 Å². The van der Waals surface area contributed by atoms with Crippen molar-refractivity contribution in [3.8, 4) is 5.75 Å². The molecule has 1 amide bonds. The normalized spacial score (nSPS) is 21.4. The van der Waals surface area contributed by atoms with E-state index in [-0.39, 0.29) is 37.2 Å². The maximum Gasteiger partial charge on any atom is 0.420 e. The van der Waals surface area contributed by atoms with Crippen molar-refractivity contribution in [2.75, 3.05) is 25.1 Å². The molecule has 9 heteroatoms. The second-order valence-corrected chi connectivity index (χ2v) is 8.87. The summed E-state index contributed by atoms with van der Waals surface area (Å²) in [6.45, 7) is 5.53. The van der Waals surface area contributed by atoms with E-state index in [0.717, 1.165) is 11.6 Å².